The Balaban J connectivity index is 0.00000243. The minimum Gasteiger partial charge on any atom is -0.497 e. The van der Waals surface area contributed by atoms with Crippen LogP contribution in [0.25, 0.3) is 0 Å². The van der Waals surface area contributed by atoms with Gasteiger partial charge in [0, 0.05) is 56.7 Å². The Morgan fingerprint density at radius 2 is 2.15 bits per heavy atom. The Morgan fingerprint density at radius 1 is 1.35 bits per heavy atom. The summed E-state index contributed by atoms with van der Waals surface area (Å²) >= 11 is 0. The van der Waals surface area contributed by atoms with E-state index in [2.05, 4.69) is 26.6 Å². The van der Waals surface area contributed by atoms with Gasteiger partial charge in [0.1, 0.15) is 5.75 Å². The number of aromatic nitrogens is 1. The molecule has 1 aliphatic rings. The number of hydrogen-bond acceptors (Lipinski definition) is 5. The summed E-state index contributed by atoms with van der Waals surface area (Å²) in [6, 6.07) is 11.7. The Bertz CT molecular complexity index is 682. The molecule has 2 aromatic rings. The van der Waals surface area contributed by atoms with Crippen LogP contribution in [0.1, 0.15) is 18.0 Å². The molecule has 1 unspecified atom stereocenters. The number of amides is 1. The lowest BCUT2D eigenvalue weighted by molar-refractivity contribution is -0.116. The van der Waals surface area contributed by atoms with Crippen LogP contribution in [0.2, 0.25) is 0 Å². The van der Waals surface area contributed by atoms with E-state index in [0.717, 1.165) is 37.6 Å². The first-order chi connectivity index (χ1) is 12.3. The summed E-state index contributed by atoms with van der Waals surface area (Å²) in [5.41, 5.74) is 1.97. The number of anilines is 1. The number of nitrogens with zero attached hydrogens (tertiary/aromatic N) is 2. The zero-order chi connectivity index (χ0) is 17.5. The molecule has 0 bridgehead atoms. The molecule has 1 aromatic carbocycles. The first-order valence-electron chi connectivity index (χ1n) is 8.55. The van der Waals surface area contributed by atoms with E-state index >= 15 is 0 Å². The smallest absolute Gasteiger partial charge is 0.225 e. The summed E-state index contributed by atoms with van der Waals surface area (Å²) in [5.74, 6) is 0.798. The van der Waals surface area contributed by atoms with Gasteiger partial charge in [-0.05, 0) is 35.9 Å². The first kappa shape index (κ1) is 20.2. The van der Waals surface area contributed by atoms with Gasteiger partial charge in [-0.1, -0.05) is 6.07 Å². The van der Waals surface area contributed by atoms with Gasteiger partial charge in [-0.2, -0.15) is 0 Å². The standard InChI is InChI=1S/C19H24N4O2.ClH/c1-25-17-6-4-16(5-7-17)22-19(24)8-11-23-12-10-21-14-18(23)15-3-2-9-20-13-15;/h2-7,9,13,18,21H,8,10-12,14H2,1H3,(H,22,24);1H. The number of piperazine rings is 1. The molecule has 6 nitrogen and oxygen atoms in total. The molecule has 140 valence electrons. The number of carbonyl (C=O) groups excluding carboxylic acids is 1. The van der Waals surface area contributed by atoms with Gasteiger partial charge in [0.25, 0.3) is 0 Å². The van der Waals surface area contributed by atoms with Gasteiger partial charge in [0.15, 0.2) is 0 Å². The number of nitrogens with one attached hydrogen (secondary N) is 2. The zero-order valence-electron chi connectivity index (χ0n) is 14.9. The average molecular weight is 377 g/mol. The van der Waals surface area contributed by atoms with Crippen LogP contribution in [0.4, 0.5) is 5.69 Å². The Kier molecular flexibility index (Phi) is 7.84. The van der Waals surface area contributed by atoms with Crippen molar-refractivity contribution >= 4 is 24.0 Å². The van der Waals surface area contributed by atoms with Crippen LogP contribution in [0.15, 0.2) is 48.8 Å². The lowest BCUT2D eigenvalue weighted by Crippen LogP contribution is -2.46. The highest BCUT2D eigenvalue weighted by atomic mass is 35.5. The van der Waals surface area contributed by atoms with E-state index in [0.29, 0.717) is 6.42 Å². The monoisotopic (exact) mass is 376 g/mol. The fourth-order valence-corrected chi connectivity index (χ4v) is 3.06. The number of rotatable bonds is 6. The molecule has 2 heterocycles. The molecule has 0 aliphatic carbocycles. The maximum absolute atomic E-state index is 12.3. The summed E-state index contributed by atoms with van der Waals surface area (Å²) in [4.78, 5) is 18.8. The second kappa shape index (κ2) is 10.1. The van der Waals surface area contributed by atoms with Crippen molar-refractivity contribution in [1.82, 2.24) is 15.2 Å². The van der Waals surface area contributed by atoms with Crippen molar-refractivity contribution in [1.29, 1.82) is 0 Å². The third-order valence-corrected chi connectivity index (χ3v) is 4.42. The van der Waals surface area contributed by atoms with Gasteiger partial charge in [0.2, 0.25) is 5.91 Å². The molecule has 2 N–H and O–H groups in total. The van der Waals surface area contributed by atoms with Crippen LogP contribution in [0, 0.1) is 0 Å². The predicted molar refractivity (Wildman–Crippen MR) is 105 cm³/mol. The first-order valence-corrected chi connectivity index (χ1v) is 8.55. The molecule has 1 amide bonds. The van der Waals surface area contributed by atoms with Crippen molar-refractivity contribution in [3.05, 3.63) is 54.4 Å². The minimum absolute atomic E-state index is 0. The van der Waals surface area contributed by atoms with Gasteiger partial charge in [-0.3, -0.25) is 14.7 Å². The highest BCUT2D eigenvalue weighted by Gasteiger charge is 2.24. The van der Waals surface area contributed by atoms with Crippen LogP contribution in [0.5, 0.6) is 5.75 Å². The number of ether oxygens (including phenoxy) is 1. The molecule has 7 heteroatoms. The second-order valence-corrected chi connectivity index (χ2v) is 6.07. The molecule has 1 aromatic heterocycles. The van der Waals surface area contributed by atoms with Crippen molar-refractivity contribution in [3.63, 3.8) is 0 Å². The summed E-state index contributed by atoms with van der Waals surface area (Å²) < 4.78 is 5.12. The molecule has 3 rings (SSSR count). The summed E-state index contributed by atoms with van der Waals surface area (Å²) in [7, 11) is 1.62. The number of hydrogen-bond donors (Lipinski definition) is 2. The molecular formula is C19H25ClN4O2. The van der Waals surface area contributed by atoms with E-state index in [9.17, 15) is 4.79 Å². The van der Waals surface area contributed by atoms with Crippen LogP contribution in [-0.4, -0.2) is 49.1 Å². The van der Waals surface area contributed by atoms with Crippen LogP contribution < -0.4 is 15.4 Å². The molecule has 26 heavy (non-hydrogen) atoms. The fraction of sp³-hybridized carbons (Fsp3) is 0.368. The summed E-state index contributed by atoms with van der Waals surface area (Å²) in [6.45, 7) is 3.47. The normalized spacial score (nSPS) is 17.2. The number of halogens is 1. The van der Waals surface area contributed by atoms with Gasteiger partial charge >= 0.3 is 0 Å². The van der Waals surface area contributed by atoms with Crippen molar-refractivity contribution in [2.75, 3.05) is 38.6 Å². The molecule has 1 saturated heterocycles. The van der Waals surface area contributed by atoms with E-state index in [1.54, 1.807) is 13.3 Å². The van der Waals surface area contributed by atoms with Crippen molar-refractivity contribution in [2.24, 2.45) is 0 Å². The third-order valence-electron chi connectivity index (χ3n) is 4.42. The Hall–Kier alpha value is -2.15. The zero-order valence-corrected chi connectivity index (χ0v) is 15.7. The third kappa shape index (κ3) is 5.42. The molecular weight excluding hydrogens is 352 g/mol. The average Bonchev–Trinajstić information content (AvgIpc) is 2.68. The number of carbonyl (C=O) groups is 1. The highest BCUT2D eigenvalue weighted by Crippen LogP contribution is 2.21. The second-order valence-electron chi connectivity index (χ2n) is 6.07. The lowest BCUT2D eigenvalue weighted by atomic mass is 10.1. The molecule has 0 saturated carbocycles. The topological polar surface area (TPSA) is 66.5 Å². The predicted octanol–water partition coefficient (Wildman–Crippen LogP) is 2.49. The van der Waals surface area contributed by atoms with Crippen LogP contribution in [-0.2, 0) is 4.79 Å². The number of benzene rings is 1. The summed E-state index contributed by atoms with van der Waals surface area (Å²) in [6.07, 6.45) is 4.15. The molecule has 0 spiro atoms. The van der Waals surface area contributed by atoms with Gasteiger partial charge in [-0.25, -0.2) is 0 Å². The largest absolute Gasteiger partial charge is 0.497 e. The van der Waals surface area contributed by atoms with E-state index < -0.39 is 0 Å². The SMILES string of the molecule is COc1ccc(NC(=O)CCN2CCNCC2c2cccnc2)cc1.Cl. The van der Waals surface area contributed by atoms with E-state index in [4.69, 9.17) is 4.74 Å². The quantitative estimate of drug-likeness (QED) is 0.810. The van der Waals surface area contributed by atoms with Gasteiger partial charge < -0.3 is 15.4 Å². The Labute approximate surface area is 160 Å². The number of pyridine rings is 1. The van der Waals surface area contributed by atoms with E-state index in [-0.39, 0.29) is 24.4 Å². The molecule has 1 fully saturated rings. The maximum Gasteiger partial charge on any atom is 0.225 e. The van der Waals surface area contributed by atoms with Crippen molar-refractivity contribution < 1.29 is 9.53 Å². The van der Waals surface area contributed by atoms with Crippen LogP contribution >= 0.6 is 12.4 Å². The van der Waals surface area contributed by atoms with E-state index in [1.165, 1.54) is 5.56 Å². The van der Waals surface area contributed by atoms with Crippen molar-refractivity contribution in [3.8, 4) is 5.75 Å². The Morgan fingerprint density at radius 3 is 2.85 bits per heavy atom. The lowest BCUT2D eigenvalue weighted by Gasteiger charge is -2.36. The maximum atomic E-state index is 12.3. The van der Waals surface area contributed by atoms with Gasteiger partial charge in [-0.15, -0.1) is 12.4 Å². The van der Waals surface area contributed by atoms with E-state index in [1.807, 2.05) is 36.5 Å². The highest BCUT2D eigenvalue weighted by molar-refractivity contribution is 5.90. The minimum atomic E-state index is 0. The van der Waals surface area contributed by atoms with Gasteiger partial charge in [0.05, 0.1) is 7.11 Å². The molecule has 0 radical (unpaired) electrons. The van der Waals surface area contributed by atoms with Crippen LogP contribution in [0.3, 0.4) is 0 Å². The molecule has 1 atom stereocenters. The number of methoxy groups -OCH3 is 1. The molecule has 1 aliphatic heterocycles. The van der Waals surface area contributed by atoms with Crippen molar-refractivity contribution in [2.45, 2.75) is 12.5 Å². The summed E-state index contributed by atoms with van der Waals surface area (Å²) in [5, 5.41) is 6.36. The fourth-order valence-electron chi connectivity index (χ4n) is 3.06.